The Morgan fingerprint density at radius 1 is 1.26 bits per heavy atom. The Morgan fingerprint density at radius 3 is 2.48 bits per heavy atom. The lowest BCUT2D eigenvalue weighted by atomic mass is 10.2. The molecule has 23 heavy (non-hydrogen) atoms. The summed E-state index contributed by atoms with van der Waals surface area (Å²) in [6.07, 6.45) is 5.47. The summed E-state index contributed by atoms with van der Waals surface area (Å²) in [6.45, 7) is 10.1. The predicted molar refractivity (Wildman–Crippen MR) is 99.6 cm³/mol. The molecule has 5 heteroatoms. The molecule has 0 saturated carbocycles. The predicted octanol–water partition coefficient (Wildman–Crippen LogP) is 5.30. The van der Waals surface area contributed by atoms with Gasteiger partial charge in [-0.05, 0) is 58.2 Å². The number of aromatic nitrogens is 2. The van der Waals surface area contributed by atoms with Crippen molar-refractivity contribution >= 4 is 26.8 Å². The summed E-state index contributed by atoms with van der Waals surface area (Å²) in [4.78, 5) is 0. The molecule has 1 unspecified atom stereocenters. The van der Waals surface area contributed by atoms with Gasteiger partial charge in [-0.15, -0.1) is 0 Å². The van der Waals surface area contributed by atoms with Gasteiger partial charge < -0.3 is 9.84 Å². The number of rotatable bonds is 1. The average molecular weight is 385 g/mol. The highest BCUT2D eigenvalue weighted by Crippen LogP contribution is 2.27. The molecule has 0 aliphatic carbocycles. The van der Waals surface area contributed by atoms with Gasteiger partial charge in [-0.1, -0.05) is 29.8 Å². The molecule has 0 radical (unpaired) electrons. The van der Waals surface area contributed by atoms with Gasteiger partial charge in [-0.3, -0.25) is 0 Å². The van der Waals surface area contributed by atoms with E-state index in [0.717, 1.165) is 28.4 Å². The second kappa shape index (κ2) is 9.40. The summed E-state index contributed by atoms with van der Waals surface area (Å²) in [5.74, 6) is 0. The highest BCUT2D eigenvalue weighted by molar-refractivity contribution is 9.10. The highest BCUT2D eigenvalue weighted by Gasteiger charge is 2.18. The van der Waals surface area contributed by atoms with Crippen LogP contribution in [-0.2, 0) is 4.74 Å². The summed E-state index contributed by atoms with van der Waals surface area (Å²) in [5, 5.41) is 14.1. The van der Waals surface area contributed by atoms with Crippen molar-refractivity contribution in [3.8, 4) is 0 Å². The summed E-state index contributed by atoms with van der Waals surface area (Å²) in [7, 11) is 0. The quantitative estimate of drug-likeness (QED) is 0.725. The number of halogens is 1. The minimum atomic E-state index is -0.500. The fourth-order valence-electron chi connectivity index (χ4n) is 2.17. The van der Waals surface area contributed by atoms with Crippen molar-refractivity contribution in [1.82, 2.24) is 9.78 Å². The van der Waals surface area contributed by atoms with Crippen molar-refractivity contribution in [3.05, 3.63) is 28.9 Å². The standard InChI is InChI=1S/C12H13BrN2O.C4H10O.C2H6/c13-10-4-5-11-9(7-10)8-14-15(11)12-3-1-2-6-16-12;1-4(2,3)5;1-2/h4-5,7-8,12H,1-3,6H2;5H,1-3H3;1-2H3. The fraction of sp³-hybridized carbons (Fsp3) is 0.611. The molecule has 1 aromatic carbocycles. The average Bonchev–Trinajstić information content (AvgIpc) is 2.91. The van der Waals surface area contributed by atoms with Gasteiger partial charge in [0, 0.05) is 16.5 Å². The molecule has 1 aliphatic heterocycles. The van der Waals surface area contributed by atoms with Crippen LogP contribution in [0, 0.1) is 0 Å². The summed E-state index contributed by atoms with van der Waals surface area (Å²) >= 11 is 3.47. The summed E-state index contributed by atoms with van der Waals surface area (Å²) in [5.41, 5.74) is 0.648. The molecular formula is C18H29BrN2O2. The number of hydrogen-bond donors (Lipinski definition) is 1. The van der Waals surface area contributed by atoms with Crippen LogP contribution in [0.2, 0.25) is 0 Å². The number of aliphatic hydroxyl groups is 1. The molecule has 1 aromatic heterocycles. The molecule has 0 bridgehead atoms. The normalized spacial score (nSPS) is 17.8. The lowest BCUT2D eigenvalue weighted by Crippen LogP contribution is -2.18. The van der Waals surface area contributed by atoms with Gasteiger partial charge >= 0.3 is 0 Å². The lowest BCUT2D eigenvalue weighted by molar-refractivity contribution is -0.0366. The Hall–Kier alpha value is -0.910. The van der Waals surface area contributed by atoms with E-state index in [1.807, 2.05) is 30.8 Å². The first-order valence-corrected chi connectivity index (χ1v) is 9.10. The van der Waals surface area contributed by atoms with Gasteiger partial charge in [0.15, 0.2) is 6.23 Å². The third-order valence-corrected chi connectivity index (χ3v) is 3.48. The van der Waals surface area contributed by atoms with Crippen LogP contribution >= 0.6 is 15.9 Å². The maximum atomic E-state index is 8.52. The maximum absolute atomic E-state index is 8.52. The number of nitrogens with zero attached hydrogens (tertiary/aromatic N) is 2. The molecule has 1 N–H and O–H groups in total. The van der Waals surface area contributed by atoms with Crippen LogP contribution in [0.25, 0.3) is 10.9 Å². The van der Waals surface area contributed by atoms with Gasteiger partial charge in [0.05, 0.1) is 17.3 Å². The van der Waals surface area contributed by atoms with E-state index in [1.54, 1.807) is 20.8 Å². The smallest absolute Gasteiger partial charge is 0.150 e. The Labute approximate surface area is 148 Å². The number of benzene rings is 1. The van der Waals surface area contributed by atoms with Gasteiger partial charge in [-0.2, -0.15) is 5.10 Å². The highest BCUT2D eigenvalue weighted by atomic mass is 79.9. The second-order valence-electron chi connectivity index (χ2n) is 6.28. The molecule has 130 valence electrons. The molecule has 2 heterocycles. The Balaban J connectivity index is 0.000000327. The molecule has 1 saturated heterocycles. The second-order valence-corrected chi connectivity index (χ2v) is 7.20. The molecule has 4 nitrogen and oxygen atoms in total. The monoisotopic (exact) mass is 384 g/mol. The molecule has 1 atom stereocenters. The summed E-state index contributed by atoms with van der Waals surface area (Å²) < 4.78 is 8.84. The Kier molecular flexibility index (Phi) is 8.23. The van der Waals surface area contributed by atoms with Gasteiger partial charge in [0.1, 0.15) is 0 Å². The van der Waals surface area contributed by atoms with E-state index in [4.69, 9.17) is 9.84 Å². The van der Waals surface area contributed by atoms with Crippen molar-refractivity contribution < 1.29 is 9.84 Å². The minimum absolute atomic E-state index is 0.118. The molecule has 1 aliphatic rings. The van der Waals surface area contributed by atoms with Crippen molar-refractivity contribution in [2.75, 3.05) is 6.61 Å². The van der Waals surface area contributed by atoms with Crippen LogP contribution in [0.5, 0.6) is 0 Å². The SMILES string of the molecule is Brc1ccc2c(cnn2C2CCCCO2)c1.CC.CC(C)(C)O. The Morgan fingerprint density at radius 2 is 1.91 bits per heavy atom. The maximum Gasteiger partial charge on any atom is 0.150 e. The van der Waals surface area contributed by atoms with E-state index >= 15 is 0 Å². The summed E-state index contributed by atoms with van der Waals surface area (Å²) in [6, 6.07) is 6.22. The molecule has 2 aromatic rings. The first kappa shape index (κ1) is 20.1. The van der Waals surface area contributed by atoms with Gasteiger partial charge in [0.25, 0.3) is 0 Å². The number of fused-ring (bicyclic) bond motifs is 1. The van der Waals surface area contributed by atoms with Crippen LogP contribution in [0.4, 0.5) is 0 Å². The van der Waals surface area contributed by atoms with E-state index < -0.39 is 5.60 Å². The minimum Gasteiger partial charge on any atom is -0.391 e. The van der Waals surface area contributed by atoms with E-state index in [9.17, 15) is 0 Å². The van der Waals surface area contributed by atoms with E-state index in [1.165, 1.54) is 12.8 Å². The fourth-order valence-corrected chi connectivity index (χ4v) is 2.55. The first-order chi connectivity index (χ1) is 10.8. The van der Waals surface area contributed by atoms with Crippen LogP contribution in [0.15, 0.2) is 28.9 Å². The lowest BCUT2D eigenvalue weighted by Gasteiger charge is -2.23. The molecule has 0 spiro atoms. The van der Waals surface area contributed by atoms with Crippen molar-refractivity contribution in [2.45, 2.75) is 65.7 Å². The molecule has 3 rings (SSSR count). The third kappa shape index (κ3) is 7.02. The van der Waals surface area contributed by atoms with Gasteiger partial charge in [0.2, 0.25) is 0 Å². The topological polar surface area (TPSA) is 47.3 Å². The number of hydrogen-bond acceptors (Lipinski definition) is 3. The van der Waals surface area contributed by atoms with Crippen molar-refractivity contribution in [1.29, 1.82) is 0 Å². The van der Waals surface area contributed by atoms with E-state index in [-0.39, 0.29) is 6.23 Å². The van der Waals surface area contributed by atoms with Crippen LogP contribution in [0.3, 0.4) is 0 Å². The third-order valence-electron chi connectivity index (χ3n) is 2.99. The largest absolute Gasteiger partial charge is 0.391 e. The zero-order valence-corrected chi connectivity index (χ0v) is 16.4. The first-order valence-electron chi connectivity index (χ1n) is 8.31. The van der Waals surface area contributed by atoms with Crippen molar-refractivity contribution in [3.63, 3.8) is 0 Å². The molecule has 1 fully saturated rings. The zero-order chi connectivity index (χ0) is 17.5. The van der Waals surface area contributed by atoms with Gasteiger partial charge in [-0.25, -0.2) is 4.68 Å². The van der Waals surface area contributed by atoms with Crippen molar-refractivity contribution in [2.24, 2.45) is 0 Å². The van der Waals surface area contributed by atoms with Crippen LogP contribution < -0.4 is 0 Å². The molecular weight excluding hydrogens is 356 g/mol. The van der Waals surface area contributed by atoms with E-state index in [2.05, 4.69) is 33.2 Å². The van der Waals surface area contributed by atoms with Crippen LogP contribution in [0.1, 0.15) is 60.1 Å². The zero-order valence-electron chi connectivity index (χ0n) is 14.8. The Bertz CT molecular complexity index is 578. The van der Waals surface area contributed by atoms with E-state index in [0.29, 0.717) is 0 Å². The molecule has 0 amide bonds. The number of ether oxygens (including phenoxy) is 1. The van der Waals surface area contributed by atoms with Crippen LogP contribution in [-0.4, -0.2) is 27.1 Å².